The molecule has 17 heavy (non-hydrogen) atoms. The van der Waals surface area contributed by atoms with Crippen molar-refractivity contribution < 1.29 is 4.74 Å². The number of nitrogen functional groups attached to an aromatic ring is 1. The van der Waals surface area contributed by atoms with E-state index in [0.29, 0.717) is 24.2 Å². The smallest absolute Gasteiger partial charge is 0.221 e. The molecule has 1 aromatic heterocycles. The molecule has 0 aliphatic carbocycles. The molecule has 0 aliphatic rings. The van der Waals surface area contributed by atoms with Crippen molar-refractivity contribution in [1.82, 2.24) is 9.97 Å². The number of ether oxygens (including phenoxy) is 1. The van der Waals surface area contributed by atoms with Crippen LogP contribution in [0.2, 0.25) is 0 Å². The molecule has 0 amide bonds. The minimum Gasteiger partial charge on any atom is -0.477 e. The zero-order valence-electron chi connectivity index (χ0n) is 11.4. The summed E-state index contributed by atoms with van der Waals surface area (Å²) in [7, 11) is 0. The number of hydrogen-bond acceptors (Lipinski definition) is 4. The van der Waals surface area contributed by atoms with Crippen molar-refractivity contribution in [1.29, 1.82) is 0 Å². The highest BCUT2D eigenvalue weighted by Crippen LogP contribution is 2.23. The second-order valence-electron chi connectivity index (χ2n) is 5.08. The fourth-order valence-electron chi connectivity index (χ4n) is 1.32. The minimum atomic E-state index is 0.255. The van der Waals surface area contributed by atoms with E-state index in [1.54, 1.807) is 0 Å². The Balaban J connectivity index is 2.82. The van der Waals surface area contributed by atoms with Crippen LogP contribution in [0.5, 0.6) is 5.88 Å². The average molecular weight is 237 g/mol. The Hall–Kier alpha value is -1.32. The van der Waals surface area contributed by atoms with Crippen molar-refractivity contribution in [3.05, 3.63) is 11.4 Å². The highest BCUT2D eigenvalue weighted by atomic mass is 16.5. The summed E-state index contributed by atoms with van der Waals surface area (Å²) in [6.45, 7) is 11.0. The normalized spacial score (nSPS) is 11.2. The first kappa shape index (κ1) is 13.7. The van der Waals surface area contributed by atoms with E-state index < -0.39 is 0 Å². The van der Waals surface area contributed by atoms with Gasteiger partial charge in [-0.2, -0.15) is 4.98 Å². The predicted octanol–water partition coefficient (Wildman–Crippen LogP) is 2.92. The van der Waals surface area contributed by atoms with Gasteiger partial charge in [0.1, 0.15) is 11.6 Å². The maximum Gasteiger partial charge on any atom is 0.221 e. The molecule has 0 saturated carbocycles. The van der Waals surface area contributed by atoms with Gasteiger partial charge in [-0.15, -0.1) is 0 Å². The van der Waals surface area contributed by atoms with Gasteiger partial charge in [-0.1, -0.05) is 27.7 Å². The van der Waals surface area contributed by atoms with E-state index in [9.17, 15) is 0 Å². The van der Waals surface area contributed by atoms with Crippen molar-refractivity contribution in [2.45, 2.75) is 47.0 Å². The molecule has 1 aromatic rings. The van der Waals surface area contributed by atoms with Gasteiger partial charge in [-0.25, -0.2) is 4.98 Å². The molecular formula is C13H23N3O. The van der Waals surface area contributed by atoms with Crippen molar-refractivity contribution in [2.24, 2.45) is 5.92 Å². The van der Waals surface area contributed by atoms with Gasteiger partial charge in [0.05, 0.1) is 12.2 Å². The lowest BCUT2D eigenvalue weighted by Crippen LogP contribution is -2.09. The molecule has 0 fully saturated rings. The lowest BCUT2D eigenvalue weighted by molar-refractivity contribution is 0.276. The van der Waals surface area contributed by atoms with Gasteiger partial charge >= 0.3 is 0 Å². The van der Waals surface area contributed by atoms with Gasteiger partial charge in [-0.05, 0) is 19.3 Å². The van der Waals surface area contributed by atoms with E-state index in [0.717, 1.165) is 17.8 Å². The van der Waals surface area contributed by atoms with E-state index in [4.69, 9.17) is 10.5 Å². The lowest BCUT2D eigenvalue weighted by atomic mass is 10.1. The Labute approximate surface area is 104 Å². The summed E-state index contributed by atoms with van der Waals surface area (Å²) in [4.78, 5) is 8.68. The Bertz CT molecular complexity index is 375. The third-order valence-electron chi connectivity index (χ3n) is 2.61. The topological polar surface area (TPSA) is 61.0 Å². The molecule has 0 spiro atoms. The Morgan fingerprint density at radius 2 is 1.82 bits per heavy atom. The summed E-state index contributed by atoms with van der Waals surface area (Å²) in [6, 6.07) is 0. The first-order valence-electron chi connectivity index (χ1n) is 6.18. The summed E-state index contributed by atoms with van der Waals surface area (Å²) in [5.41, 5.74) is 6.69. The molecular weight excluding hydrogens is 214 g/mol. The highest BCUT2D eigenvalue weighted by Gasteiger charge is 2.12. The Kier molecular flexibility index (Phi) is 4.73. The van der Waals surface area contributed by atoms with E-state index in [-0.39, 0.29) is 5.92 Å². The van der Waals surface area contributed by atoms with Gasteiger partial charge in [0.25, 0.3) is 0 Å². The van der Waals surface area contributed by atoms with Crippen LogP contribution in [0.25, 0.3) is 0 Å². The molecule has 0 saturated heterocycles. The van der Waals surface area contributed by atoms with Crippen LogP contribution in [0.15, 0.2) is 0 Å². The second kappa shape index (κ2) is 5.84. The van der Waals surface area contributed by atoms with Crippen LogP contribution >= 0.6 is 0 Å². The summed E-state index contributed by atoms with van der Waals surface area (Å²) in [6.07, 6.45) is 1.01. The van der Waals surface area contributed by atoms with E-state index in [1.165, 1.54) is 0 Å². The van der Waals surface area contributed by atoms with Crippen molar-refractivity contribution >= 4 is 5.82 Å². The quantitative estimate of drug-likeness (QED) is 0.855. The highest BCUT2D eigenvalue weighted by molar-refractivity contribution is 5.44. The predicted molar refractivity (Wildman–Crippen MR) is 70.2 cm³/mol. The molecule has 2 N–H and O–H groups in total. The van der Waals surface area contributed by atoms with E-state index in [1.807, 2.05) is 20.8 Å². The van der Waals surface area contributed by atoms with Gasteiger partial charge in [0.2, 0.25) is 5.88 Å². The molecule has 0 unspecified atom stereocenters. The van der Waals surface area contributed by atoms with Crippen molar-refractivity contribution in [2.75, 3.05) is 12.3 Å². The maximum absolute atomic E-state index is 5.86. The summed E-state index contributed by atoms with van der Waals surface area (Å²) < 4.78 is 5.69. The summed E-state index contributed by atoms with van der Waals surface area (Å²) in [5, 5.41) is 0. The second-order valence-corrected chi connectivity index (χ2v) is 5.08. The summed E-state index contributed by atoms with van der Waals surface area (Å²) >= 11 is 0. The van der Waals surface area contributed by atoms with Crippen LogP contribution in [0.3, 0.4) is 0 Å². The number of anilines is 1. The van der Waals surface area contributed by atoms with Crippen LogP contribution in [-0.2, 0) is 0 Å². The number of nitrogens with two attached hydrogens (primary N) is 1. The van der Waals surface area contributed by atoms with Crippen LogP contribution < -0.4 is 10.5 Å². The fourth-order valence-corrected chi connectivity index (χ4v) is 1.32. The standard InChI is InChI=1S/C13H23N3O/c1-8(2)6-7-17-13-10(5)11(14)15-12(16-13)9(3)4/h8-9H,6-7H2,1-5H3,(H2,14,15,16). The van der Waals surface area contributed by atoms with Crippen molar-refractivity contribution in [3.63, 3.8) is 0 Å². The molecule has 0 bridgehead atoms. The maximum atomic E-state index is 5.86. The molecule has 1 rings (SSSR count). The molecule has 4 heteroatoms. The number of hydrogen-bond donors (Lipinski definition) is 1. The van der Waals surface area contributed by atoms with Crippen molar-refractivity contribution in [3.8, 4) is 5.88 Å². The number of aromatic nitrogens is 2. The molecule has 96 valence electrons. The molecule has 1 heterocycles. The van der Waals surface area contributed by atoms with Gasteiger partial charge < -0.3 is 10.5 Å². The first-order chi connectivity index (χ1) is 7.91. The van der Waals surface area contributed by atoms with E-state index >= 15 is 0 Å². The number of nitrogens with zero attached hydrogens (tertiary/aromatic N) is 2. The average Bonchev–Trinajstić information content (AvgIpc) is 2.23. The third kappa shape index (κ3) is 3.88. The zero-order chi connectivity index (χ0) is 13.0. The molecule has 0 aliphatic heterocycles. The van der Waals surface area contributed by atoms with Gasteiger partial charge in [0, 0.05) is 5.92 Å². The molecule has 0 radical (unpaired) electrons. The fraction of sp³-hybridized carbons (Fsp3) is 0.692. The van der Waals surface area contributed by atoms with Gasteiger partial charge in [0.15, 0.2) is 0 Å². The number of rotatable bonds is 5. The lowest BCUT2D eigenvalue weighted by Gasteiger charge is -2.13. The Morgan fingerprint density at radius 1 is 1.18 bits per heavy atom. The molecule has 4 nitrogen and oxygen atoms in total. The first-order valence-corrected chi connectivity index (χ1v) is 6.18. The van der Waals surface area contributed by atoms with Gasteiger partial charge in [-0.3, -0.25) is 0 Å². The SMILES string of the molecule is Cc1c(N)nc(C(C)C)nc1OCCC(C)C. The Morgan fingerprint density at radius 3 is 2.35 bits per heavy atom. The largest absolute Gasteiger partial charge is 0.477 e. The summed E-state index contributed by atoms with van der Waals surface area (Å²) in [5.74, 6) is 2.77. The molecule has 0 aromatic carbocycles. The van der Waals surface area contributed by atoms with E-state index in [2.05, 4.69) is 23.8 Å². The van der Waals surface area contributed by atoms with Crippen LogP contribution in [-0.4, -0.2) is 16.6 Å². The van der Waals surface area contributed by atoms with Crippen LogP contribution in [0.1, 0.15) is 51.4 Å². The third-order valence-corrected chi connectivity index (χ3v) is 2.61. The minimum absolute atomic E-state index is 0.255. The van der Waals surface area contributed by atoms with Crippen LogP contribution in [0.4, 0.5) is 5.82 Å². The molecule has 0 atom stereocenters. The zero-order valence-corrected chi connectivity index (χ0v) is 11.4. The van der Waals surface area contributed by atoms with Crippen LogP contribution in [0, 0.1) is 12.8 Å². The monoisotopic (exact) mass is 237 g/mol.